The lowest BCUT2D eigenvalue weighted by atomic mass is 9.75. The first-order valence-corrected chi connectivity index (χ1v) is 5.03. The lowest BCUT2D eigenvalue weighted by molar-refractivity contribution is -0.149. The number of allylic oxidation sites excluding steroid dienone is 1. The first kappa shape index (κ1) is 11.3. The summed E-state index contributed by atoms with van der Waals surface area (Å²) in [6.07, 6.45) is 3.03. The summed E-state index contributed by atoms with van der Waals surface area (Å²) < 4.78 is 12.8. The van der Waals surface area contributed by atoms with Gasteiger partial charge in [0, 0.05) is 0 Å². The Hall–Kier alpha value is -2.17. The number of benzene rings is 1. The van der Waals surface area contributed by atoms with Crippen molar-refractivity contribution in [2.75, 3.05) is 0 Å². The van der Waals surface area contributed by atoms with Crippen molar-refractivity contribution in [3.8, 4) is 0 Å². The number of hydrogen-bond acceptors (Lipinski definition) is 2. The van der Waals surface area contributed by atoms with Gasteiger partial charge in [0.2, 0.25) is 5.91 Å². The minimum atomic E-state index is -1.66. The lowest BCUT2D eigenvalue weighted by Gasteiger charge is -2.29. The number of carbonyl (C=O) groups is 2. The number of hydrogen-bond donors (Lipinski definition) is 2. The third-order valence-electron chi connectivity index (χ3n) is 2.85. The van der Waals surface area contributed by atoms with Crippen molar-refractivity contribution < 1.29 is 19.1 Å². The molecule has 1 aliphatic heterocycles. The van der Waals surface area contributed by atoms with Crippen LogP contribution in [0, 0.1) is 5.82 Å². The molecule has 2 rings (SSSR count). The third-order valence-corrected chi connectivity index (χ3v) is 2.85. The zero-order chi connectivity index (χ0) is 12.5. The minimum absolute atomic E-state index is 0.0554. The molecule has 1 aliphatic rings. The first-order valence-electron chi connectivity index (χ1n) is 5.03. The molecule has 1 amide bonds. The molecule has 0 saturated carbocycles. The zero-order valence-corrected chi connectivity index (χ0v) is 8.81. The fourth-order valence-corrected chi connectivity index (χ4v) is 1.88. The molecule has 88 valence electrons. The summed E-state index contributed by atoms with van der Waals surface area (Å²) >= 11 is 0. The Balaban J connectivity index is 2.55. The van der Waals surface area contributed by atoms with Crippen LogP contribution in [0.25, 0.3) is 0 Å². The van der Waals surface area contributed by atoms with E-state index in [0.29, 0.717) is 0 Å². The maximum atomic E-state index is 12.8. The van der Waals surface area contributed by atoms with Crippen molar-refractivity contribution in [2.45, 2.75) is 11.8 Å². The van der Waals surface area contributed by atoms with Crippen molar-refractivity contribution in [3.05, 3.63) is 47.9 Å². The Morgan fingerprint density at radius 1 is 1.35 bits per heavy atom. The van der Waals surface area contributed by atoms with Gasteiger partial charge in [-0.2, -0.15) is 0 Å². The number of aliphatic carboxylic acids is 1. The maximum absolute atomic E-state index is 12.8. The zero-order valence-electron chi connectivity index (χ0n) is 8.81. The van der Waals surface area contributed by atoms with Crippen LogP contribution >= 0.6 is 0 Å². The fourth-order valence-electron chi connectivity index (χ4n) is 1.88. The predicted molar refractivity (Wildman–Crippen MR) is 57.6 cm³/mol. The molecule has 5 heteroatoms. The summed E-state index contributed by atoms with van der Waals surface area (Å²) in [6.45, 7) is 0. The molecule has 17 heavy (non-hydrogen) atoms. The van der Waals surface area contributed by atoms with Crippen molar-refractivity contribution in [1.29, 1.82) is 0 Å². The molecule has 1 atom stereocenters. The molecule has 4 nitrogen and oxygen atoms in total. The van der Waals surface area contributed by atoms with Gasteiger partial charge in [-0.05, 0) is 30.3 Å². The summed E-state index contributed by atoms with van der Waals surface area (Å²) in [6, 6.07) is 4.93. The highest BCUT2D eigenvalue weighted by atomic mass is 19.1. The maximum Gasteiger partial charge on any atom is 0.324 e. The smallest absolute Gasteiger partial charge is 0.324 e. The summed E-state index contributed by atoms with van der Waals surface area (Å²) in [4.78, 5) is 23.2. The van der Waals surface area contributed by atoms with Gasteiger partial charge in [0.05, 0.1) is 0 Å². The molecule has 1 aromatic rings. The molecule has 1 heterocycles. The van der Waals surface area contributed by atoms with Crippen LogP contribution in [0.4, 0.5) is 4.39 Å². The Bertz CT molecular complexity index is 495. The molecule has 0 saturated heterocycles. The van der Waals surface area contributed by atoms with E-state index in [-0.39, 0.29) is 12.0 Å². The highest BCUT2D eigenvalue weighted by molar-refractivity contribution is 6.09. The number of halogens is 1. The molecule has 1 unspecified atom stereocenters. The second-order valence-corrected chi connectivity index (χ2v) is 3.80. The van der Waals surface area contributed by atoms with E-state index in [1.807, 2.05) is 0 Å². The van der Waals surface area contributed by atoms with Gasteiger partial charge in [-0.25, -0.2) is 4.39 Å². The highest BCUT2D eigenvalue weighted by Crippen LogP contribution is 2.31. The molecule has 0 fully saturated rings. The molecule has 0 aliphatic carbocycles. The van der Waals surface area contributed by atoms with Crippen LogP contribution in [0.5, 0.6) is 0 Å². The second-order valence-electron chi connectivity index (χ2n) is 3.80. The number of nitrogens with one attached hydrogen (secondary N) is 1. The summed E-state index contributed by atoms with van der Waals surface area (Å²) in [5, 5.41) is 11.7. The number of amides is 1. The normalized spacial score (nSPS) is 23.2. The summed E-state index contributed by atoms with van der Waals surface area (Å²) in [7, 11) is 0. The molecular weight excluding hydrogens is 225 g/mol. The van der Waals surface area contributed by atoms with E-state index < -0.39 is 23.1 Å². The van der Waals surface area contributed by atoms with Crippen LogP contribution in [0.15, 0.2) is 36.5 Å². The summed E-state index contributed by atoms with van der Waals surface area (Å²) in [5.41, 5.74) is -1.39. The minimum Gasteiger partial charge on any atom is -0.480 e. The molecule has 2 N–H and O–H groups in total. The molecule has 1 aromatic carbocycles. The Labute approximate surface area is 96.8 Å². The lowest BCUT2D eigenvalue weighted by Crippen LogP contribution is -2.50. The predicted octanol–water partition coefficient (Wildman–Crippen LogP) is 1.18. The quantitative estimate of drug-likeness (QED) is 0.756. The Morgan fingerprint density at radius 3 is 2.53 bits per heavy atom. The van der Waals surface area contributed by atoms with Gasteiger partial charge in [0.25, 0.3) is 0 Å². The van der Waals surface area contributed by atoms with Crippen LogP contribution < -0.4 is 5.32 Å². The average molecular weight is 235 g/mol. The van der Waals surface area contributed by atoms with Gasteiger partial charge in [0.1, 0.15) is 5.82 Å². The van der Waals surface area contributed by atoms with E-state index in [4.69, 9.17) is 0 Å². The molecule has 0 spiro atoms. The van der Waals surface area contributed by atoms with Crippen LogP contribution in [-0.2, 0) is 15.0 Å². The number of carbonyl (C=O) groups excluding carboxylic acids is 1. The molecular formula is C12H10FNO3. The third kappa shape index (κ3) is 1.69. The van der Waals surface area contributed by atoms with E-state index >= 15 is 0 Å². The van der Waals surface area contributed by atoms with Crippen LogP contribution in [0.3, 0.4) is 0 Å². The Kier molecular flexibility index (Phi) is 2.67. The highest BCUT2D eigenvalue weighted by Gasteiger charge is 2.47. The SMILES string of the molecule is O=C(O)C1(c2ccc(F)cc2)CC=CNC1=O. The van der Waals surface area contributed by atoms with E-state index in [2.05, 4.69) is 5.32 Å². The van der Waals surface area contributed by atoms with Crippen molar-refractivity contribution in [1.82, 2.24) is 5.32 Å². The topological polar surface area (TPSA) is 66.4 Å². The van der Waals surface area contributed by atoms with Crippen molar-refractivity contribution in [2.24, 2.45) is 0 Å². The molecule has 0 aromatic heterocycles. The van der Waals surface area contributed by atoms with Crippen LogP contribution in [0.1, 0.15) is 12.0 Å². The van der Waals surface area contributed by atoms with Gasteiger partial charge < -0.3 is 10.4 Å². The van der Waals surface area contributed by atoms with Gasteiger partial charge in [-0.15, -0.1) is 0 Å². The van der Waals surface area contributed by atoms with Gasteiger partial charge in [-0.1, -0.05) is 18.2 Å². The number of carboxylic acids is 1. The Morgan fingerprint density at radius 2 is 2.00 bits per heavy atom. The second kappa shape index (κ2) is 4.01. The average Bonchev–Trinajstić information content (AvgIpc) is 2.31. The van der Waals surface area contributed by atoms with Crippen molar-refractivity contribution in [3.63, 3.8) is 0 Å². The van der Waals surface area contributed by atoms with Gasteiger partial charge >= 0.3 is 5.97 Å². The number of rotatable bonds is 2. The molecule has 0 bridgehead atoms. The van der Waals surface area contributed by atoms with E-state index in [1.165, 1.54) is 18.3 Å². The monoisotopic (exact) mass is 235 g/mol. The van der Waals surface area contributed by atoms with Crippen LogP contribution in [-0.4, -0.2) is 17.0 Å². The standard InChI is InChI=1S/C12H10FNO3/c13-9-4-2-8(3-5-9)12(11(16)17)6-1-7-14-10(12)15/h1-5,7H,6H2,(H,14,15)(H,16,17). The van der Waals surface area contributed by atoms with Crippen LogP contribution in [0.2, 0.25) is 0 Å². The van der Waals surface area contributed by atoms with Gasteiger partial charge in [0.15, 0.2) is 5.41 Å². The fraction of sp³-hybridized carbons (Fsp3) is 0.167. The van der Waals surface area contributed by atoms with E-state index in [9.17, 15) is 19.1 Å². The van der Waals surface area contributed by atoms with Crippen molar-refractivity contribution >= 4 is 11.9 Å². The van der Waals surface area contributed by atoms with E-state index in [0.717, 1.165) is 12.1 Å². The molecule has 0 radical (unpaired) electrons. The van der Waals surface area contributed by atoms with E-state index in [1.54, 1.807) is 6.08 Å². The summed E-state index contributed by atoms with van der Waals surface area (Å²) in [5.74, 6) is -2.33. The first-order chi connectivity index (χ1) is 8.07. The number of carboxylic acid groups (broad SMARTS) is 1. The van der Waals surface area contributed by atoms with Gasteiger partial charge in [-0.3, -0.25) is 9.59 Å². The largest absolute Gasteiger partial charge is 0.480 e.